The average Bonchev–Trinajstić information content (AvgIpc) is 2.44. The number of carbonyl (C=O) groups excluding carboxylic acids is 1. The first kappa shape index (κ1) is 17.8. The predicted molar refractivity (Wildman–Crippen MR) is 89.0 cm³/mol. The summed E-state index contributed by atoms with van der Waals surface area (Å²) in [6.07, 6.45) is 5.97. The number of aromatic nitrogens is 1. The van der Waals surface area contributed by atoms with E-state index in [1.54, 1.807) is 19.2 Å². The molecule has 1 amide bonds. The van der Waals surface area contributed by atoms with Gasteiger partial charge in [-0.15, -0.1) is 0 Å². The SMILES string of the molecule is CNc1cc(C(=O)NCCCCCCC(C)C)cc(Cl)n1. The Kier molecular flexibility index (Phi) is 8.13. The molecule has 0 bridgehead atoms. The first-order chi connectivity index (χ1) is 10.0. The molecule has 0 saturated carbocycles. The Morgan fingerprint density at radius 2 is 1.95 bits per heavy atom. The Labute approximate surface area is 132 Å². The van der Waals surface area contributed by atoms with Crippen LogP contribution in [0.25, 0.3) is 0 Å². The maximum Gasteiger partial charge on any atom is 0.251 e. The number of hydrogen-bond donors (Lipinski definition) is 2. The van der Waals surface area contributed by atoms with Gasteiger partial charge in [-0.05, 0) is 24.5 Å². The molecule has 0 spiro atoms. The fourth-order valence-corrected chi connectivity index (χ4v) is 2.30. The van der Waals surface area contributed by atoms with Gasteiger partial charge in [0.05, 0.1) is 0 Å². The van der Waals surface area contributed by atoms with Gasteiger partial charge < -0.3 is 10.6 Å². The standard InChI is InChI=1S/C16H26ClN3O/c1-12(2)8-6-4-5-7-9-19-16(21)13-10-14(17)20-15(11-13)18-3/h10-12H,4-9H2,1-3H3,(H,18,20)(H,19,21). The number of nitrogens with zero attached hydrogens (tertiary/aromatic N) is 1. The summed E-state index contributed by atoms with van der Waals surface area (Å²) in [5, 5.41) is 6.13. The van der Waals surface area contributed by atoms with Crippen molar-refractivity contribution < 1.29 is 4.79 Å². The van der Waals surface area contributed by atoms with Gasteiger partial charge in [-0.25, -0.2) is 4.98 Å². The lowest BCUT2D eigenvalue weighted by Gasteiger charge is -2.08. The Hall–Kier alpha value is -1.29. The zero-order valence-electron chi connectivity index (χ0n) is 13.2. The van der Waals surface area contributed by atoms with E-state index >= 15 is 0 Å². The van der Waals surface area contributed by atoms with E-state index in [0.717, 1.165) is 18.8 Å². The van der Waals surface area contributed by atoms with E-state index in [-0.39, 0.29) is 5.91 Å². The second kappa shape index (κ2) is 9.61. The largest absolute Gasteiger partial charge is 0.373 e. The second-order valence-corrected chi connectivity index (χ2v) is 6.05. The quantitative estimate of drug-likeness (QED) is 0.533. The van der Waals surface area contributed by atoms with Crippen LogP contribution in [0.3, 0.4) is 0 Å². The molecule has 21 heavy (non-hydrogen) atoms. The van der Waals surface area contributed by atoms with Crippen LogP contribution in [-0.4, -0.2) is 24.5 Å². The number of carbonyl (C=O) groups is 1. The molecule has 0 aromatic carbocycles. The molecule has 0 saturated heterocycles. The Morgan fingerprint density at radius 1 is 1.24 bits per heavy atom. The fraction of sp³-hybridized carbons (Fsp3) is 0.625. The smallest absolute Gasteiger partial charge is 0.251 e. The van der Waals surface area contributed by atoms with E-state index in [4.69, 9.17) is 11.6 Å². The van der Waals surface area contributed by atoms with Crippen LogP contribution < -0.4 is 10.6 Å². The third-order valence-electron chi connectivity index (χ3n) is 3.31. The number of amides is 1. The van der Waals surface area contributed by atoms with Gasteiger partial charge in [-0.3, -0.25) is 4.79 Å². The molecule has 0 unspecified atom stereocenters. The lowest BCUT2D eigenvalue weighted by Crippen LogP contribution is -2.24. The molecule has 0 fully saturated rings. The van der Waals surface area contributed by atoms with Crippen molar-refractivity contribution in [3.63, 3.8) is 0 Å². The first-order valence-corrected chi connectivity index (χ1v) is 8.04. The molecule has 1 rings (SSSR count). The topological polar surface area (TPSA) is 54.0 Å². The van der Waals surface area contributed by atoms with E-state index in [0.29, 0.717) is 23.1 Å². The maximum absolute atomic E-state index is 12.0. The van der Waals surface area contributed by atoms with Crippen molar-refractivity contribution in [1.29, 1.82) is 0 Å². The van der Waals surface area contributed by atoms with Gasteiger partial charge in [0, 0.05) is 19.2 Å². The van der Waals surface area contributed by atoms with Gasteiger partial charge in [0.1, 0.15) is 11.0 Å². The van der Waals surface area contributed by atoms with Gasteiger partial charge in [0.2, 0.25) is 0 Å². The molecule has 1 aromatic rings. The zero-order chi connectivity index (χ0) is 15.7. The van der Waals surface area contributed by atoms with E-state index in [9.17, 15) is 4.79 Å². The number of hydrogen-bond acceptors (Lipinski definition) is 3. The van der Waals surface area contributed by atoms with Gasteiger partial charge in [0.25, 0.3) is 5.91 Å². The number of pyridine rings is 1. The van der Waals surface area contributed by atoms with Crippen molar-refractivity contribution in [2.75, 3.05) is 18.9 Å². The Balaban J connectivity index is 2.26. The van der Waals surface area contributed by atoms with Crippen LogP contribution in [0.5, 0.6) is 0 Å². The molecule has 0 radical (unpaired) electrons. The van der Waals surface area contributed by atoms with Crippen LogP contribution in [0.4, 0.5) is 5.82 Å². The van der Waals surface area contributed by atoms with Crippen LogP contribution in [0.15, 0.2) is 12.1 Å². The third kappa shape index (κ3) is 7.32. The molecule has 0 atom stereocenters. The van der Waals surface area contributed by atoms with Crippen molar-refractivity contribution in [3.05, 3.63) is 22.8 Å². The van der Waals surface area contributed by atoms with Crippen LogP contribution in [0.2, 0.25) is 5.15 Å². The molecule has 118 valence electrons. The van der Waals surface area contributed by atoms with Crippen molar-refractivity contribution in [2.45, 2.75) is 46.0 Å². The molecular formula is C16H26ClN3O. The molecule has 4 nitrogen and oxygen atoms in total. The van der Waals surface area contributed by atoms with Crippen molar-refractivity contribution in [1.82, 2.24) is 10.3 Å². The van der Waals surface area contributed by atoms with Crippen LogP contribution >= 0.6 is 11.6 Å². The maximum atomic E-state index is 12.0. The summed E-state index contributed by atoms with van der Waals surface area (Å²) < 4.78 is 0. The minimum atomic E-state index is -0.0991. The van der Waals surface area contributed by atoms with Crippen LogP contribution in [-0.2, 0) is 0 Å². The predicted octanol–water partition coefficient (Wildman–Crippen LogP) is 4.11. The summed E-state index contributed by atoms with van der Waals surface area (Å²) in [5.74, 6) is 1.28. The van der Waals surface area contributed by atoms with Gasteiger partial charge in [0.15, 0.2) is 0 Å². The van der Waals surface area contributed by atoms with E-state index in [1.165, 1.54) is 19.3 Å². The molecule has 1 aromatic heterocycles. The first-order valence-electron chi connectivity index (χ1n) is 7.66. The highest BCUT2D eigenvalue weighted by Crippen LogP contribution is 2.14. The highest BCUT2D eigenvalue weighted by Gasteiger charge is 2.08. The van der Waals surface area contributed by atoms with E-state index < -0.39 is 0 Å². The third-order valence-corrected chi connectivity index (χ3v) is 3.50. The van der Waals surface area contributed by atoms with E-state index in [2.05, 4.69) is 29.5 Å². The number of nitrogens with one attached hydrogen (secondary N) is 2. The lowest BCUT2D eigenvalue weighted by atomic mass is 10.0. The summed E-state index contributed by atoms with van der Waals surface area (Å²) in [7, 11) is 1.75. The van der Waals surface area contributed by atoms with Gasteiger partial charge >= 0.3 is 0 Å². The zero-order valence-corrected chi connectivity index (χ0v) is 14.0. The Morgan fingerprint density at radius 3 is 2.62 bits per heavy atom. The van der Waals surface area contributed by atoms with E-state index in [1.807, 2.05) is 0 Å². The molecule has 0 aliphatic carbocycles. The summed E-state index contributed by atoms with van der Waals surface area (Å²) in [6, 6.07) is 3.28. The summed E-state index contributed by atoms with van der Waals surface area (Å²) in [4.78, 5) is 16.1. The average molecular weight is 312 g/mol. The molecule has 5 heteroatoms. The molecule has 0 aliphatic heterocycles. The van der Waals surface area contributed by atoms with Crippen LogP contribution in [0, 0.1) is 5.92 Å². The normalized spacial score (nSPS) is 10.7. The minimum absolute atomic E-state index is 0.0991. The second-order valence-electron chi connectivity index (χ2n) is 5.67. The molecular weight excluding hydrogens is 286 g/mol. The number of halogens is 1. The van der Waals surface area contributed by atoms with Crippen molar-refractivity contribution in [2.24, 2.45) is 5.92 Å². The molecule has 2 N–H and O–H groups in total. The van der Waals surface area contributed by atoms with Crippen molar-refractivity contribution in [3.8, 4) is 0 Å². The fourth-order valence-electron chi connectivity index (χ4n) is 2.09. The molecule has 1 heterocycles. The number of rotatable bonds is 9. The monoisotopic (exact) mass is 311 g/mol. The number of unbranched alkanes of at least 4 members (excludes halogenated alkanes) is 3. The molecule has 0 aliphatic rings. The Bertz CT molecular complexity index is 449. The highest BCUT2D eigenvalue weighted by molar-refractivity contribution is 6.29. The summed E-state index contributed by atoms with van der Waals surface area (Å²) in [5.41, 5.74) is 0.541. The van der Waals surface area contributed by atoms with Crippen LogP contribution in [0.1, 0.15) is 56.3 Å². The lowest BCUT2D eigenvalue weighted by molar-refractivity contribution is 0.0953. The van der Waals surface area contributed by atoms with Gasteiger partial charge in [-0.2, -0.15) is 0 Å². The van der Waals surface area contributed by atoms with Gasteiger partial charge in [-0.1, -0.05) is 51.1 Å². The summed E-state index contributed by atoms with van der Waals surface area (Å²) in [6.45, 7) is 5.20. The minimum Gasteiger partial charge on any atom is -0.373 e. The summed E-state index contributed by atoms with van der Waals surface area (Å²) >= 11 is 5.89. The number of anilines is 1. The highest BCUT2D eigenvalue weighted by atomic mass is 35.5. The van der Waals surface area contributed by atoms with Crippen molar-refractivity contribution >= 4 is 23.3 Å².